The molecule has 0 bridgehead atoms. The lowest BCUT2D eigenvalue weighted by molar-refractivity contribution is -0.149. The predicted molar refractivity (Wildman–Crippen MR) is 152 cm³/mol. The van der Waals surface area contributed by atoms with Gasteiger partial charge in [0.25, 0.3) is 0 Å². The lowest BCUT2D eigenvalue weighted by atomic mass is 9.89. The van der Waals surface area contributed by atoms with Gasteiger partial charge < -0.3 is 24.4 Å². The van der Waals surface area contributed by atoms with Gasteiger partial charge >= 0.3 is 12.1 Å². The van der Waals surface area contributed by atoms with E-state index < -0.39 is 23.9 Å². The molecule has 8 nitrogen and oxygen atoms in total. The molecule has 0 saturated carbocycles. The molecular formula is C31H45N3O5. The van der Waals surface area contributed by atoms with Crippen molar-refractivity contribution in [2.45, 2.75) is 77.1 Å². The van der Waals surface area contributed by atoms with Crippen LogP contribution in [0.4, 0.5) is 4.79 Å². The first-order valence-electron chi connectivity index (χ1n) is 14.1. The number of aliphatic hydroxyl groups is 1. The number of carbonyl (C=O) groups excluding carboxylic acids is 2. The van der Waals surface area contributed by atoms with Crippen molar-refractivity contribution in [2.75, 3.05) is 33.2 Å². The van der Waals surface area contributed by atoms with E-state index >= 15 is 0 Å². The van der Waals surface area contributed by atoms with Gasteiger partial charge in [0.05, 0.1) is 0 Å². The van der Waals surface area contributed by atoms with Crippen LogP contribution in [0, 0.1) is 5.92 Å². The van der Waals surface area contributed by atoms with Crippen LogP contribution < -0.4 is 0 Å². The number of aromatic nitrogens is 1. The van der Waals surface area contributed by atoms with Gasteiger partial charge in [0.2, 0.25) is 0 Å². The smallest absolute Gasteiger partial charge is 0.410 e. The van der Waals surface area contributed by atoms with Crippen molar-refractivity contribution in [3.05, 3.63) is 66.0 Å². The lowest BCUT2D eigenvalue weighted by Gasteiger charge is -2.36. The lowest BCUT2D eigenvalue weighted by Crippen LogP contribution is -2.50. The molecule has 1 fully saturated rings. The van der Waals surface area contributed by atoms with Crippen LogP contribution in [-0.2, 0) is 14.3 Å². The summed E-state index contributed by atoms with van der Waals surface area (Å²) in [4.78, 5) is 33.9. The molecule has 214 valence electrons. The number of nitrogens with zero attached hydrogens (tertiary/aromatic N) is 3. The Bertz CT molecular complexity index is 1030. The number of amides is 1. The number of cyclic esters (lactones) is 1. The zero-order valence-electron chi connectivity index (χ0n) is 24.1. The Morgan fingerprint density at radius 3 is 2.67 bits per heavy atom. The number of likely N-dealkylation sites (N-methyl/N-ethyl adjacent to an activating group) is 1. The maximum atomic E-state index is 13.0. The van der Waals surface area contributed by atoms with E-state index in [1.807, 2.05) is 57.3 Å². The van der Waals surface area contributed by atoms with Gasteiger partial charge in [-0.15, -0.1) is 0 Å². The van der Waals surface area contributed by atoms with Gasteiger partial charge in [0, 0.05) is 56.3 Å². The molecule has 0 radical (unpaired) electrons. The van der Waals surface area contributed by atoms with Crippen molar-refractivity contribution in [2.24, 2.45) is 5.92 Å². The molecule has 1 amide bonds. The summed E-state index contributed by atoms with van der Waals surface area (Å²) in [7, 11) is 2.03. The van der Waals surface area contributed by atoms with Crippen molar-refractivity contribution < 1.29 is 24.2 Å². The van der Waals surface area contributed by atoms with Gasteiger partial charge in [0.1, 0.15) is 11.7 Å². The first kappa shape index (κ1) is 30.6. The number of esters is 1. The monoisotopic (exact) mass is 539 g/mol. The molecule has 5 atom stereocenters. The van der Waals surface area contributed by atoms with Gasteiger partial charge in [0.15, 0.2) is 6.10 Å². The second kappa shape index (κ2) is 14.4. The number of piperazine rings is 1. The van der Waals surface area contributed by atoms with Gasteiger partial charge in [-0.05, 0) is 63.9 Å². The summed E-state index contributed by atoms with van der Waals surface area (Å²) in [5.74, 6) is -0.312. The van der Waals surface area contributed by atoms with E-state index in [-0.39, 0.29) is 24.2 Å². The molecule has 2 aliphatic rings. The van der Waals surface area contributed by atoms with Crippen LogP contribution in [0.15, 0.2) is 60.3 Å². The van der Waals surface area contributed by atoms with E-state index in [2.05, 4.69) is 22.9 Å². The third-order valence-corrected chi connectivity index (χ3v) is 7.60. The molecule has 2 aliphatic heterocycles. The van der Waals surface area contributed by atoms with Crippen LogP contribution in [0.2, 0.25) is 0 Å². The molecule has 8 heteroatoms. The van der Waals surface area contributed by atoms with Crippen molar-refractivity contribution in [3.8, 4) is 0 Å². The molecule has 1 saturated heterocycles. The number of hydrogen-bond donors (Lipinski definition) is 1. The predicted octanol–water partition coefficient (Wildman–Crippen LogP) is 4.87. The average molecular weight is 540 g/mol. The molecule has 0 spiro atoms. The quantitative estimate of drug-likeness (QED) is 0.324. The molecule has 1 N–H and O–H groups in total. The van der Waals surface area contributed by atoms with Gasteiger partial charge in [-0.25, -0.2) is 4.79 Å². The molecule has 1 aromatic heterocycles. The number of allylic oxidation sites excluding steroid dienone is 3. The maximum Gasteiger partial charge on any atom is 0.410 e. The van der Waals surface area contributed by atoms with E-state index in [4.69, 9.17) is 9.47 Å². The van der Waals surface area contributed by atoms with Gasteiger partial charge in [-0.3, -0.25) is 9.78 Å². The highest BCUT2D eigenvalue weighted by Crippen LogP contribution is 2.27. The highest BCUT2D eigenvalue weighted by atomic mass is 16.6. The minimum Gasteiger partial charge on any atom is -0.457 e. The summed E-state index contributed by atoms with van der Waals surface area (Å²) in [6.07, 6.45) is 11.6. The SMILES string of the molecule is C/C(=C\C=C\[C@@H](C)c1ccccn1)[C@H]1OC(=O)CCCC[C@@](C)(O)[C@@H](OC(=O)N2CCN(C)CC2)/C=C/[C@@H]1C. The molecule has 3 rings (SSSR count). The Hall–Kier alpha value is -2.97. The van der Waals surface area contributed by atoms with Crippen molar-refractivity contribution in [1.82, 2.24) is 14.8 Å². The normalized spacial score (nSPS) is 29.7. The first-order valence-corrected chi connectivity index (χ1v) is 14.1. The van der Waals surface area contributed by atoms with E-state index in [1.54, 1.807) is 24.1 Å². The van der Waals surface area contributed by atoms with E-state index in [0.717, 1.165) is 24.4 Å². The third kappa shape index (κ3) is 9.32. The average Bonchev–Trinajstić information content (AvgIpc) is 2.91. The van der Waals surface area contributed by atoms with Crippen LogP contribution in [0.5, 0.6) is 0 Å². The summed E-state index contributed by atoms with van der Waals surface area (Å²) in [6, 6.07) is 5.86. The fourth-order valence-corrected chi connectivity index (χ4v) is 4.85. The van der Waals surface area contributed by atoms with Crippen LogP contribution in [0.25, 0.3) is 0 Å². The standard InChI is InChI=1S/C31H45N3O5/c1-23(26-13-7-9-18-32-26)11-10-12-24(2)29-25(3)15-16-27(31(4,37)17-8-6-14-28(35)39-29)38-30(36)34-21-19-33(5)20-22-34/h7,9-13,15-16,18,23,25,27,29,37H,6,8,14,17,19-22H2,1-5H3/b11-10+,16-15+,24-12+/t23-,25+,27+,29-,31-/m1/s1. The Balaban J connectivity index is 1.77. The van der Waals surface area contributed by atoms with Crippen LogP contribution in [0.1, 0.15) is 65.0 Å². The molecule has 0 unspecified atom stereocenters. The van der Waals surface area contributed by atoms with E-state index in [1.165, 1.54) is 0 Å². The molecule has 1 aromatic rings. The molecular weight excluding hydrogens is 494 g/mol. The van der Waals surface area contributed by atoms with Gasteiger partial charge in [-0.2, -0.15) is 0 Å². The molecule has 39 heavy (non-hydrogen) atoms. The number of hydrogen-bond acceptors (Lipinski definition) is 7. The second-order valence-corrected chi connectivity index (χ2v) is 11.2. The Morgan fingerprint density at radius 1 is 1.23 bits per heavy atom. The topological polar surface area (TPSA) is 92.2 Å². The Kier molecular flexibility index (Phi) is 11.3. The summed E-state index contributed by atoms with van der Waals surface area (Å²) < 4.78 is 11.8. The van der Waals surface area contributed by atoms with Crippen molar-refractivity contribution in [3.63, 3.8) is 0 Å². The molecule has 0 aliphatic carbocycles. The maximum absolute atomic E-state index is 13.0. The summed E-state index contributed by atoms with van der Waals surface area (Å²) in [5, 5.41) is 11.3. The minimum atomic E-state index is -1.26. The number of pyridine rings is 1. The zero-order valence-corrected chi connectivity index (χ0v) is 24.1. The fourth-order valence-electron chi connectivity index (χ4n) is 4.85. The summed E-state index contributed by atoms with van der Waals surface area (Å²) >= 11 is 0. The Morgan fingerprint density at radius 2 is 1.97 bits per heavy atom. The highest BCUT2D eigenvalue weighted by Gasteiger charge is 2.35. The minimum absolute atomic E-state index is 0.143. The second-order valence-electron chi connectivity index (χ2n) is 11.2. The number of ether oxygens (including phenoxy) is 2. The van der Waals surface area contributed by atoms with Crippen LogP contribution >= 0.6 is 0 Å². The highest BCUT2D eigenvalue weighted by molar-refractivity contribution is 5.70. The largest absolute Gasteiger partial charge is 0.457 e. The number of carbonyl (C=O) groups is 2. The van der Waals surface area contributed by atoms with Crippen LogP contribution in [0.3, 0.4) is 0 Å². The summed E-state index contributed by atoms with van der Waals surface area (Å²) in [6.45, 7) is 10.5. The molecule has 3 heterocycles. The zero-order chi connectivity index (χ0) is 28.4. The van der Waals surface area contributed by atoms with E-state index in [0.29, 0.717) is 32.4 Å². The van der Waals surface area contributed by atoms with E-state index in [9.17, 15) is 14.7 Å². The van der Waals surface area contributed by atoms with Crippen molar-refractivity contribution in [1.29, 1.82) is 0 Å². The van der Waals surface area contributed by atoms with Gasteiger partial charge in [-0.1, -0.05) is 44.2 Å². The first-order chi connectivity index (χ1) is 18.6. The third-order valence-electron chi connectivity index (χ3n) is 7.60. The Labute approximate surface area is 233 Å². The van der Waals surface area contributed by atoms with Crippen LogP contribution in [-0.4, -0.2) is 83.0 Å². The fraction of sp³-hybridized carbons (Fsp3) is 0.581. The number of rotatable bonds is 5. The summed E-state index contributed by atoms with van der Waals surface area (Å²) in [5.41, 5.74) is 0.629. The molecule has 0 aromatic carbocycles. The van der Waals surface area contributed by atoms with Crippen molar-refractivity contribution >= 4 is 12.1 Å².